The molecule has 10 heteroatoms. The number of esters is 1. The van der Waals surface area contributed by atoms with Crippen molar-refractivity contribution in [3.63, 3.8) is 0 Å². The molecule has 168 valence electrons. The van der Waals surface area contributed by atoms with E-state index in [0.29, 0.717) is 15.5 Å². The molecule has 0 unspecified atom stereocenters. The fourth-order valence-electron chi connectivity index (χ4n) is 3.19. The molecule has 4 aromatic rings. The van der Waals surface area contributed by atoms with Gasteiger partial charge in [0, 0.05) is 15.2 Å². The van der Waals surface area contributed by atoms with E-state index in [-0.39, 0.29) is 33.3 Å². The van der Waals surface area contributed by atoms with Crippen molar-refractivity contribution in [1.29, 1.82) is 0 Å². The zero-order chi connectivity index (χ0) is 23.7. The molecular formula is C23H17BrClN3O4S. The molecule has 2 aromatic carbocycles. The Morgan fingerprint density at radius 1 is 1.21 bits per heavy atom. The van der Waals surface area contributed by atoms with Crippen molar-refractivity contribution in [2.75, 3.05) is 11.9 Å². The summed E-state index contributed by atoms with van der Waals surface area (Å²) in [5, 5.41) is 9.67. The summed E-state index contributed by atoms with van der Waals surface area (Å²) in [7, 11) is 0. The monoisotopic (exact) mass is 545 g/mol. The molecule has 0 aliphatic heterocycles. The Bertz CT molecular complexity index is 1450. The number of carbonyl (C=O) groups is 2. The maximum atomic E-state index is 13.4. The Labute approximate surface area is 206 Å². The van der Waals surface area contributed by atoms with Crippen LogP contribution in [0.25, 0.3) is 16.5 Å². The van der Waals surface area contributed by atoms with E-state index in [2.05, 4.69) is 26.3 Å². The molecule has 0 saturated carbocycles. The first-order valence-corrected chi connectivity index (χ1v) is 11.9. The normalized spacial score (nSPS) is 10.9. The van der Waals surface area contributed by atoms with Crippen LogP contribution in [0.5, 0.6) is 0 Å². The Kier molecular flexibility index (Phi) is 6.64. The number of nitrogens with zero attached hydrogens (tertiary/aromatic N) is 2. The number of hydrogen-bond donors (Lipinski definition) is 1. The fourth-order valence-corrected chi connectivity index (χ4v) is 4.69. The van der Waals surface area contributed by atoms with Gasteiger partial charge in [-0.1, -0.05) is 45.2 Å². The van der Waals surface area contributed by atoms with Gasteiger partial charge in [-0.05, 0) is 44.2 Å². The number of amides is 1. The van der Waals surface area contributed by atoms with Crippen LogP contribution in [0.1, 0.15) is 33.3 Å². The summed E-state index contributed by atoms with van der Waals surface area (Å²) in [6, 6.07) is 12.0. The predicted octanol–water partition coefficient (Wildman–Crippen LogP) is 5.60. The summed E-state index contributed by atoms with van der Waals surface area (Å²) in [4.78, 5) is 39.0. The second kappa shape index (κ2) is 9.46. The number of benzene rings is 2. The van der Waals surface area contributed by atoms with Crippen LogP contribution in [-0.4, -0.2) is 28.3 Å². The third-order valence-corrected chi connectivity index (χ3v) is 6.52. The lowest BCUT2D eigenvalue weighted by Gasteiger charge is -2.10. The van der Waals surface area contributed by atoms with E-state index >= 15 is 0 Å². The van der Waals surface area contributed by atoms with Gasteiger partial charge in [0.05, 0.1) is 28.3 Å². The second-order valence-electron chi connectivity index (χ2n) is 7.05. The number of aromatic nitrogens is 2. The van der Waals surface area contributed by atoms with Crippen LogP contribution in [0.2, 0.25) is 5.02 Å². The van der Waals surface area contributed by atoms with E-state index in [1.54, 1.807) is 42.6 Å². The second-order valence-corrected chi connectivity index (χ2v) is 9.26. The van der Waals surface area contributed by atoms with Crippen molar-refractivity contribution < 1.29 is 14.3 Å². The molecule has 2 heterocycles. The summed E-state index contributed by atoms with van der Waals surface area (Å²) >= 11 is 10.6. The van der Waals surface area contributed by atoms with Crippen molar-refractivity contribution in [3.05, 3.63) is 84.5 Å². The van der Waals surface area contributed by atoms with Crippen LogP contribution in [-0.2, 0) is 4.74 Å². The van der Waals surface area contributed by atoms with Crippen LogP contribution < -0.4 is 10.9 Å². The van der Waals surface area contributed by atoms with Gasteiger partial charge >= 0.3 is 5.97 Å². The quantitative estimate of drug-likeness (QED) is 0.329. The van der Waals surface area contributed by atoms with E-state index in [1.807, 2.05) is 19.1 Å². The summed E-state index contributed by atoms with van der Waals surface area (Å²) in [6.07, 6.45) is 0. The molecule has 0 radical (unpaired) electrons. The number of ether oxygens (including phenoxy) is 1. The minimum Gasteiger partial charge on any atom is -0.461 e. The highest BCUT2D eigenvalue weighted by molar-refractivity contribution is 9.10. The Morgan fingerprint density at radius 2 is 1.94 bits per heavy atom. The minimum absolute atomic E-state index is 0.00994. The Hall–Kier alpha value is -3.01. The third kappa shape index (κ3) is 4.57. The first-order valence-electron chi connectivity index (χ1n) is 9.85. The number of rotatable bonds is 5. The fraction of sp³-hybridized carbons (Fsp3) is 0.130. The van der Waals surface area contributed by atoms with Gasteiger partial charge in [-0.3, -0.25) is 9.59 Å². The number of fused-ring (bicyclic) bond motifs is 1. The van der Waals surface area contributed by atoms with Crippen LogP contribution >= 0.6 is 38.9 Å². The molecular weight excluding hydrogens is 530 g/mol. The molecule has 0 saturated heterocycles. The standard InChI is InChI=1S/C23H17BrClN3O4S/c1-3-32-23(31)19-16-11-33-21(26-20(29)15-10-13(24)6-9-17(15)25)18(16)22(30)28(27-19)14-7-4-12(2)5-8-14/h4-11H,3H2,1-2H3,(H,26,29). The third-order valence-electron chi connectivity index (χ3n) is 4.80. The SMILES string of the molecule is CCOC(=O)c1nn(-c2ccc(C)cc2)c(=O)c2c(NC(=O)c3cc(Br)ccc3Cl)scc12. The highest BCUT2D eigenvalue weighted by atomic mass is 79.9. The number of halogens is 2. The topological polar surface area (TPSA) is 90.3 Å². The molecule has 0 atom stereocenters. The molecule has 0 aliphatic carbocycles. The summed E-state index contributed by atoms with van der Waals surface area (Å²) in [5.74, 6) is -1.14. The van der Waals surface area contributed by atoms with Gasteiger partial charge in [0.25, 0.3) is 11.5 Å². The van der Waals surface area contributed by atoms with E-state index in [9.17, 15) is 14.4 Å². The van der Waals surface area contributed by atoms with Gasteiger partial charge in [0.2, 0.25) is 0 Å². The van der Waals surface area contributed by atoms with Crippen molar-refractivity contribution >= 4 is 66.5 Å². The average Bonchev–Trinajstić information content (AvgIpc) is 3.20. The predicted molar refractivity (Wildman–Crippen MR) is 133 cm³/mol. The molecule has 2 aromatic heterocycles. The number of thiophene rings is 1. The number of hydrogen-bond acceptors (Lipinski definition) is 6. The first-order chi connectivity index (χ1) is 15.8. The summed E-state index contributed by atoms with van der Waals surface area (Å²) in [5.41, 5.74) is 1.25. The van der Waals surface area contributed by atoms with Crippen molar-refractivity contribution in [3.8, 4) is 5.69 Å². The smallest absolute Gasteiger partial charge is 0.359 e. The Balaban J connectivity index is 1.89. The minimum atomic E-state index is -0.658. The molecule has 0 aliphatic rings. The van der Waals surface area contributed by atoms with Crippen molar-refractivity contribution in [2.45, 2.75) is 13.8 Å². The number of carbonyl (C=O) groups excluding carboxylic acids is 2. The van der Waals surface area contributed by atoms with Gasteiger partial charge < -0.3 is 10.1 Å². The molecule has 1 N–H and O–H groups in total. The molecule has 1 amide bonds. The summed E-state index contributed by atoms with van der Waals surface area (Å²) in [6.45, 7) is 3.76. The van der Waals surface area contributed by atoms with Crippen molar-refractivity contribution in [1.82, 2.24) is 9.78 Å². The van der Waals surface area contributed by atoms with Crippen molar-refractivity contribution in [2.24, 2.45) is 0 Å². The van der Waals surface area contributed by atoms with Gasteiger partial charge in [0.1, 0.15) is 5.00 Å². The number of aryl methyl sites for hydroxylation is 1. The van der Waals surface area contributed by atoms with E-state index < -0.39 is 17.4 Å². The Morgan fingerprint density at radius 3 is 2.64 bits per heavy atom. The molecule has 4 rings (SSSR count). The lowest BCUT2D eigenvalue weighted by atomic mass is 10.2. The van der Waals surface area contributed by atoms with Crippen LogP contribution in [0.3, 0.4) is 0 Å². The van der Waals surface area contributed by atoms with Crippen LogP contribution in [0, 0.1) is 6.92 Å². The lowest BCUT2D eigenvalue weighted by Crippen LogP contribution is -2.25. The first kappa shape index (κ1) is 23.2. The maximum Gasteiger partial charge on any atom is 0.359 e. The highest BCUT2D eigenvalue weighted by Gasteiger charge is 2.24. The number of anilines is 1. The maximum absolute atomic E-state index is 13.4. The van der Waals surface area contributed by atoms with Gasteiger partial charge in [-0.25, -0.2) is 4.79 Å². The van der Waals surface area contributed by atoms with Gasteiger partial charge in [-0.2, -0.15) is 9.78 Å². The molecule has 0 spiro atoms. The van der Waals surface area contributed by atoms with Gasteiger partial charge in [-0.15, -0.1) is 11.3 Å². The van der Waals surface area contributed by atoms with E-state index in [4.69, 9.17) is 16.3 Å². The molecule has 7 nitrogen and oxygen atoms in total. The molecule has 33 heavy (non-hydrogen) atoms. The van der Waals surface area contributed by atoms with E-state index in [1.165, 1.54) is 0 Å². The largest absolute Gasteiger partial charge is 0.461 e. The number of nitrogens with one attached hydrogen (secondary N) is 1. The average molecular weight is 547 g/mol. The van der Waals surface area contributed by atoms with Crippen LogP contribution in [0.15, 0.2) is 57.1 Å². The molecule has 0 fully saturated rings. The zero-order valence-corrected chi connectivity index (χ0v) is 20.7. The lowest BCUT2D eigenvalue weighted by molar-refractivity contribution is 0.0520. The zero-order valence-electron chi connectivity index (χ0n) is 17.5. The van der Waals surface area contributed by atoms with Gasteiger partial charge in [0.15, 0.2) is 5.69 Å². The highest BCUT2D eigenvalue weighted by Crippen LogP contribution is 2.32. The van der Waals surface area contributed by atoms with Crippen LogP contribution in [0.4, 0.5) is 5.00 Å². The molecule has 0 bridgehead atoms. The summed E-state index contributed by atoms with van der Waals surface area (Å²) < 4.78 is 6.98. The van der Waals surface area contributed by atoms with E-state index in [0.717, 1.165) is 21.6 Å².